The lowest BCUT2D eigenvalue weighted by molar-refractivity contribution is 0.130. The largest absolute Gasteiger partial charge is 0.245 e. The highest BCUT2D eigenvalue weighted by Crippen LogP contribution is 1.86. The first-order valence-electron chi connectivity index (χ1n) is 4.03. The van der Waals surface area contributed by atoms with E-state index in [4.69, 9.17) is 0 Å². The smallest absolute Gasteiger partial charge is 0.0288 e. The molecular formula is C7H19N3. The summed E-state index contributed by atoms with van der Waals surface area (Å²) < 4.78 is 0. The molecule has 0 spiro atoms. The van der Waals surface area contributed by atoms with E-state index < -0.39 is 0 Å². The number of hydrogen-bond donors (Lipinski definition) is 2. The van der Waals surface area contributed by atoms with E-state index >= 15 is 0 Å². The van der Waals surface area contributed by atoms with Gasteiger partial charge in [-0.1, -0.05) is 20.3 Å². The first kappa shape index (κ1) is 9.88. The predicted molar refractivity (Wildman–Crippen MR) is 44.4 cm³/mol. The maximum absolute atomic E-state index is 3.19. The molecule has 0 unspecified atom stereocenters. The lowest BCUT2D eigenvalue weighted by Crippen LogP contribution is -2.46. The van der Waals surface area contributed by atoms with E-state index in [9.17, 15) is 0 Å². The molecule has 3 heteroatoms. The molecule has 0 aromatic rings. The van der Waals surface area contributed by atoms with Crippen molar-refractivity contribution in [3.8, 4) is 0 Å². The fourth-order valence-corrected chi connectivity index (χ4v) is 0.777. The van der Waals surface area contributed by atoms with Gasteiger partial charge in [-0.15, -0.1) is 0 Å². The van der Waals surface area contributed by atoms with Crippen molar-refractivity contribution in [2.75, 3.05) is 20.1 Å². The zero-order chi connectivity index (χ0) is 7.82. The Kier molecular flexibility index (Phi) is 6.91. The zero-order valence-corrected chi connectivity index (χ0v) is 7.28. The molecule has 0 aliphatic heterocycles. The summed E-state index contributed by atoms with van der Waals surface area (Å²) in [7, 11) is 1.93. The molecule has 0 aromatic heterocycles. The van der Waals surface area contributed by atoms with Gasteiger partial charge in [-0.3, -0.25) is 0 Å². The van der Waals surface area contributed by atoms with E-state index in [1.54, 1.807) is 0 Å². The van der Waals surface area contributed by atoms with E-state index in [0.29, 0.717) is 0 Å². The Labute approximate surface area is 63.7 Å². The molecule has 2 N–H and O–H groups in total. The van der Waals surface area contributed by atoms with Gasteiger partial charge >= 0.3 is 0 Å². The standard InChI is InChI=1S/C7H19N3/c1-4-6-7-10(8-3)9-5-2/h8-9H,4-7H2,1-3H3. The number of unbranched alkanes of at least 4 members (excludes halogenated alkanes) is 1. The Morgan fingerprint density at radius 2 is 2.00 bits per heavy atom. The fourth-order valence-electron chi connectivity index (χ4n) is 0.777. The van der Waals surface area contributed by atoms with Crippen LogP contribution >= 0.6 is 0 Å². The van der Waals surface area contributed by atoms with E-state index in [1.165, 1.54) is 12.8 Å². The van der Waals surface area contributed by atoms with Crippen molar-refractivity contribution >= 4 is 0 Å². The molecule has 0 fully saturated rings. The summed E-state index contributed by atoms with van der Waals surface area (Å²) in [6.07, 6.45) is 2.47. The van der Waals surface area contributed by atoms with Crippen molar-refractivity contribution in [2.45, 2.75) is 26.7 Å². The Hall–Kier alpha value is -0.120. The summed E-state index contributed by atoms with van der Waals surface area (Å²) in [5.74, 6) is 0. The summed E-state index contributed by atoms with van der Waals surface area (Å²) >= 11 is 0. The molecule has 0 amide bonds. The molecule has 0 bridgehead atoms. The summed E-state index contributed by atoms with van der Waals surface area (Å²) in [4.78, 5) is 0. The highest BCUT2D eigenvalue weighted by atomic mass is 15.7. The maximum Gasteiger partial charge on any atom is 0.0288 e. The van der Waals surface area contributed by atoms with Crippen LogP contribution in [0, 0.1) is 0 Å². The van der Waals surface area contributed by atoms with Gasteiger partial charge in [0.25, 0.3) is 0 Å². The average Bonchev–Trinajstić information content (AvgIpc) is 1.98. The lowest BCUT2D eigenvalue weighted by Gasteiger charge is -2.20. The molecule has 0 atom stereocenters. The third kappa shape index (κ3) is 4.73. The molecular weight excluding hydrogens is 126 g/mol. The molecule has 0 heterocycles. The lowest BCUT2D eigenvalue weighted by atomic mass is 10.3. The van der Waals surface area contributed by atoms with Crippen LogP contribution in [-0.4, -0.2) is 25.3 Å². The van der Waals surface area contributed by atoms with Gasteiger partial charge < -0.3 is 0 Å². The highest BCUT2D eigenvalue weighted by Gasteiger charge is 1.95. The number of hydrazine groups is 2. The first-order valence-corrected chi connectivity index (χ1v) is 4.03. The molecule has 0 aliphatic rings. The minimum absolute atomic E-state index is 0.977. The van der Waals surface area contributed by atoms with Gasteiger partial charge in [-0.2, -0.15) is 5.12 Å². The van der Waals surface area contributed by atoms with Crippen molar-refractivity contribution in [1.29, 1.82) is 0 Å². The molecule has 0 radical (unpaired) electrons. The Bertz CT molecular complexity index is 65.9. The molecule has 3 nitrogen and oxygen atoms in total. The number of hydrogen-bond acceptors (Lipinski definition) is 3. The van der Waals surface area contributed by atoms with Crippen LogP contribution in [0.15, 0.2) is 0 Å². The van der Waals surface area contributed by atoms with Crippen molar-refractivity contribution in [2.24, 2.45) is 0 Å². The summed E-state index contributed by atoms with van der Waals surface area (Å²) in [6.45, 7) is 6.33. The highest BCUT2D eigenvalue weighted by molar-refractivity contribution is 4.42. The third-order valence-corrected chi connectivity index (χ3v) is 1.35. The number of nitrogens with zero attached hydrogens (tertiary/aromatic N) is 1. The van der Waals surface area contributed by atoms with Crippen LogP contribution in [0.3, 0.4) is 0 Å². The van der Waals surface area contributed by atoms with Crippen molar-refractivity contribution in [3.63, 3.8) is 0 Å². The molecule has 0 aliphatic carbocycles. The van der Waals surface area contributed by atoms with Crippen LogP contribution in [0.25, 0.3) is 0 Å². The summed E-state index contributed by atoms with van der Waals surface area (Å²) in [5, 5.41) is 2.02. The molecule has 0 rings (SSSR count). The average molecular weight is 145 g/mol. The van der Waals surface area contributed by atoms with Crippen LogP contribution in [0.2, 0.25) is 0 Å². The molecule has 0 aromatic carbocycles. The monoisotopic (exact) mass is 145 g/mol. The third-order valence-electron chi connectivity index (χ3n) is 1.35. The van der Waals surface area contributed by atoms with Crippen LogP contribution in [-0.2, 0) is 0 Å². The molecule has 62 valence electrons. The van der Waals surface area contributed by atoms with Gasteiger partial charge in [0.15, 0.2) is 0 Å². The Morgan fingerprint density at radius 3 is 2.40 bits per heavy atom. The Morgan fingerprint density at radius 1 is 1.30 bits per heavy atom. The van der Waals surface area contributed by atoms with Crippen molar-refractivity contribution in [3.05, 3.63) is 0 Å². The van der Waals surface area contributed by atoms with Gasteiger partial charge in [-0.05, 0) is 6.42 Å². The number of rotatable bonds is 6. The van der Waals surface area contributed by atoms with E-state index in [-0.39, 0.29) is 0 Å². The second-order valence-electron chi connectivity index (χ2n) is 2.24. The normalized spacial score (nSPS) is 10.8. The maximum atomic E-state index is 3.19. The van der Waals surface area contributed by atoms with E-state index in [1.807, 2.05) is 12.2 Å². The van der Waals surface area contributed by atoms with Crippen LogP contribution in [0.1, 0.15) is 26.7 Å². The minimum atomic E-state index is 0.977. The van der Waals surface area contributed by atoms with Crippen LogP contribution in [0.4, 0.5) is 0 Å². The van der Waals surface area contributed by atoms with Crippen LogP contribution in [0.5, 0.6) is 0 Å². The second kappa shape index (κ2) is 6.99. The van der Waals surface area contributed by atoms with Crippen molar-refractivity contribution < 1.29 is 0 Å². The minimum Gasteiger partial charge on any atom is -0.245 e. The van der Waals surface area contributed by atoms with Crippen molar-refractivity contribution in [1.82, 2.24) is 16.0 Å². The van der Waals surface area contributed by atoms with Gasteiger partial charge in [0.05, 0.1) is 0 Å². The van der Waals surface area contributed by atoms with Gasteiger partial charge in [0.2, 0.25) is 0 Å². The summed E-state index contributed by atoms with van der Waals surface area (Å²) in [5.41, 5.74) is 6.25. The van der Waals surface area contributed by atoms with Gasteiger partial charge in [0, 0.05) is 20.1 Å². The van der Waals surface area contributed by atoms with Gasteiger partial charge in [0.1, 0.15) is 0 Å². The predicted octanol–water partition coefficient (Wildman–Crippen LogP) is 0.747. The van der Waals surface area contributed by atoms with E-state index in [0.717, 1.165) is 13.1 Å². The topological polar surface area (TPSA) is 27.3 Å². The SMILES string of the molecule is CCCCN(NC)NCC. The van der Waals surface area contributed by atoms with E-state index in [2.05, 4.69) is 24.7 Å². The quantitative estimate of drug-likeness (QED) is 0.540. The van der Waals surface area contributed by atoms with Crippen LogP contribution < -0.4 is 10.9 Å². The molecule has 10 heavy (non-hydrogen) atoms. The molecule has 0 saturated carbocycles. The zero-order valence-electron chi connectivity index (χ0n) is 7.28. The second-order valence-corrected chi connectivity index (χ2v) is 2.24. The fraction of sp³-hybridized carbons (Fsp3) is 1.00. The number of nitrogens with one attached hydrogen (secondary N) is 2. The van der Waals surface area contributed by atoms with Gasteiger partial charge in [-0.25, -0.2) is 10.9 Å². The molecule has 0 saturated heterocycles. The Balaban J connectivity index is 3.21. The summed E-state index contributed by atoms with van der Waals surface area (Å²) in [6, 6.07) is 0. The first-order chi connectivity index (χ1) is 4.85.